The summed E-state index contributed by atoms with van der Waals surface area (Å²) in [6.45, 7) is 19.7. The van der Waals surface area contributed by atoms with Gasteiger partial charge in [0.2, 0.25) is 17.7 Å². The monoisotopic (exact) mass is 671 g/mol. The number of nitrogens with zero attached hydrogens (tertiary/aromatic N) is 3. The van der Waals surface area contributed by atoms with Crippen LogP contribution in [0, 0.1) is 17.3 Å². The molecule has 1 aromatic carbocycles. The van der Waals surface area contributed by atoms with E-state index >= 15 is 0 Å². The summed E-state index contributed by atoms with van der Waals surface area (Å²) in [5.41, 5.74) is -0.746. The minimum absolute atomic E-state index is 0.00439. The molecule has 0 radical (unpaired) electrons. The van der Waals surface area contributed by atoms with Crippen LogP contribution in [-0.2, 0) is 25.7 Å². The van der Waals surface area contributed by atoms with Gasteiger partial charge in [0.15, 0.2) is 0 Å². The van der Waals surface area contributed by atoms with Crippen molar-refractivity contribution in [2.24, 2.45) is 17.3 Å². The molecule has 2 bridgehead atoms. The van der Waals surface area contributed by atoms with Gasteiger partial charge in [-0.2, -0.15) is 0 Å². The highest BCUT2D eigenvalue weighted by Crippen LogP contribution is 2.60. The highest BCUT2D eigenvalue weighted by atomic mass is 79.9. The predicted molar refractivity (Wildman–Crippen MR) is 176 cm³/mol. The molecule has 9 heteroatoms. The molecule has 3 fully saturated rings. The first-order valence-electron chi connectivity index (χ1n) is 15.8. The molecule has 1 spiro atoms. The molecule has 3 aliphatic rings. The van der Waals surface area contributed by atoms with Gasteiger partial charge in [-0.3, -0.25) is 14.4 Å². The molecule has 44 heavy (non-hydrogen) atoms. The Bertz CT molecular complexity index is 1230. The number of hydrogen-bond acceptors (Lipinski definition) is 5. The molecule has 3 aliphatic heterocycles. The number of likely N-dealkylation sites (tertiary alicyclic amines) is 1. The van der Waals surface area contributed by atoms with Crippen molar-refractivity contribution in [3.05, 3.63) is 61.2 Å². The van der Waals surface area contributed by atoms with Gasteiger partial charge < -0.3 is 24.5 Å². The van der Waals surface area contributed by atoms with Crippen molar-refractivity contribution in [1.29, 1.82) is 0 Å². The number of alkyl halides is 1. The Morgan fingerprint density at radius 1 is 1.09 bits per heavy atom. The smallest absolute Gasteiger partial charge is 0.249 e. The fourth-order valence-corrected chi connectivity index (χ4v) is 8.98. The third kappa shape index (κ3) is 6.56. The minimum Gasteiger partial charge on any atom is -0.396 e. The van der Waals surface area contributed by atoms with Crippen LogP contribution in [0.2, 0.25) is 0 Å². The van der Waals surface area contributed by atoms with Crippen molar-refractivity contribution < 1.29 is 24.2 Å². The Morgan fingerprint density at radius 2 is 1.75 bits per heavy atom. The average molecular weight is 673 g/mol. The van der Waals surface area contributed by atoms with E-state index < -0.39 is 35.1 Å². The summed E-state index contributed by atoms with van der Waals surface area (Å²) >= 11 is 3.80. The number of unbranched alkanes of at least 4 members (excludes halogenated alkanes) is 1. The molecule has 1 N–H and O–H groups in total. The van der Waals surface area contributed by atoms with Crippen molar-refractivity contribution in [2.45, 2.75) is 95.0 Å². The minimum atomic E-state index is -1.14. The van der Waals surface area contributed by atoms with Crippen LogP contribution in [0.5, 0.6) is 0 Å². The van der Waals surface area contributed by atoms with Gasteiger partial charge in [0.1, 0.15) is 11.6 Å². The lowest BCUT2D eigenvalue weighted by molar-refractivity contribution is -0.153. The van der Waals surface area contributed by atoms with Crippen molar-refractivity contribution in [3.8, 4) is 0 Å². The van der Waals surface area contributed by atoms with Gasteiger partial charge in [-0.25, -0.2) is 0 Å². The second-order valence-electron chi connectivity index (χ2n) is 14.4. The fourth-order valence-electron chi connectivity index (χ4n) is 8.03. The summed E-state index contributed by atoms with van der Waals surface area (Å²) in [4.78, 5) is 48.8. The van der Waals surface area contributed by atoms with E-state index in [9.17, 15) is 19.5 Å². The van der Waals surface area contributed by atoms with Crippen LogP contribution in [0.15, 0.2) is 55.6 Å². The molecule has 3 heterocycles. The van der Waals surface area contributed by atoms with Crippen LogP contribution in [0.3, 0.4) is 0 Å². The first kappa shape index (κ1) is 34.4. The topological polar surface area (TPSA) is 90.4 Å². The summed E-state index contributed by atoms with van der Waals surface area (Å²) in [5, 5.41) is 9.52. The maximum absolute atomic E-state index is 14.9. The lowest BCUT2D eigenvalue weighted by Crippen LogP contribution is -2.61. The molecule has 4 rings (SSSR count). The van der Waals surface area contributed by atoms with Crippen LogP contribution >= 0.6 is 15.9 Å². The van der Waals surface area contributed by atoms with Gasteiger partial charge in [0, 0.05) is 43.2 Å². The van der Waals surface area contributed by atoms with E-state index in [1.54, 1.807) is 22.0 Å². The SMILES string of the molecule is C=CCN(Cc1ccccc1)C(=O)[C@H]1[C@@H]2OC3(CC2Br)C(C(=O)N(CC=C)C(C)(C)CC(C)(C)C)N(CCCCO)C(=O)[C@H]13. The van der Waals surface area contributed by atoms with Crippen LogP contribution < -0.4 is 0 Å². The molecular formula is C35H50BrN3O5. The zero-order valence-electron chi connectivity index (χ0n) is 27.0. The Morgan fingerprint density at radius 3 is 2.34 bits per heavy atom. The van der Waals surface area contributed by atoms with Gasteiger partial charge in [-0.05, 0) is 50.5 Å². The molecule has 3 amide bonds. The third-order valence-corrected chi connectivity index (χ3v) is 10.1. The van der Waals surface area contributed by atoms with E-state index in [0.29, 0.717) is 45.4 Å². The maximum atomic E-state index is 14.9. The van der Waals surface area contributed by atoms with E-state index in [2.05, 4.69) is 63.7 Å². The number of amides is 3. The number of carbonyl (C=O) groups is 3. The van der Waals surface area contributed by atoms with E-state index in [1.807, 2.05) is 35.2 Å². The second kappa shape index (κ2) is 13.5. The quantitative estimate of drug-likeness (QED) is 0.172. The average Bonchev–Trinajstić information content (AvgIpc) is 3.53. The van der Waals surface area contributed by atoms with Gasteiger partial charge in [-0.15, -0.1) is 13.2 Å². The predicted octanol–water partition coefficient (Wildman–Crippen LogP) is 4.95. The molecular weight excluding hydrogens is 622 g/mol. The van der Waals surface area contributed by atoms with Crippen molar-refractivity contribution >= 4 is 33.7 Å². The normalized spacial score (nSPS) is 27.8. The lowest BCUT2D eigenvalue weighted by Gasteiger charge is -2.45. The molecule has 242 valence electrons. The number of rotatable bonds is 14. The first-order valence-corrected chi connectivity index (χ1v) is 16.7. The van der Waals surface area contributed by atoms with Crippen LogP contribution in [0.25, 0.3) is 0 Å². The van der Waals surface area contributed by atoms with Gasteiger partial charge >= 0.3 is 0 Å². The molecule has 0 aliphatic carbocycles. The fraction of sp³-hybridized carbons (Fsp3) is 0.629. The Labute approximate surface area is 271 Å². The number of benzene rings is 1. The van der Waals surface area contributed by atoms with Gasteiger partial charge in [-0.1, -0.05) is 79.2 Å². The Kier molecular flexibility index (Phi) is 10.5. The van der Waals surface area contributed by atoms with E-state index in [-0.39, 0.29) is 34.6 Å². The summed E-state index contributed by atoms with van der Waals surface area (Å²) in [5.74, 6) is -2.08. The van der Waals surface area contributed by atoms with E-state index in [0.717, 1.165) is 12.0 Å². The van der Waals surface area contributed by atoms with Gasteiger partial charge in [0.25, 0.3) is 0 Å². The molecule has 0 saturated carbocycles. The third-order valence-electron chi connectivity index (χ3n) is 9.26. The van der Waals surface area contributed by atoms with Crippen molar-refractivity contribution in [3.63, 3.8) is 0 Å². The van der Waals surface area contributed by atoms with Crippen LogP contribution in [-0.4, -0.2) is 91.9 Å². The number of aliphatic hydroxyl groups excluding tert-OH is 1. The number of hydrogen-bond donors (Lipinski definition) is 1. The number of aliphatic hydroxyl groups is 1. The summed E-state index contributed by atoms with van der Waals surface area (Å²) in [6, 6.07) is 8.87. The van der Waals surface area contributed by atoms with Crippen LogP contribution in [0.1, 0.15) is 65.9 Å². The first-order chi connectivity index (χ1) is 20.7. The largest absolute Gasteiger partial charge is 0.396 e. The highest BCUT2D eigenvalue weighted by molar-refractivity contribution is 9.09. The summed E-state index contributed by atoms with van der Waals surface area (Å²) in [7, 11) is 0. The highest BCUT2D eigenvalue weighted by Gasteiger charge is 2.77. The van der Waals surface area contributed by atoms with Crippen molar-refractivity contribution in [1.82, 2.24) is 14.7 Å². The van der Waals surface area contributed by atoms with Gasteiger partial charge in [0.05, 0.1) is 17.9 Å². The van der Waals surface area contributed by atoms with Crippen LogP contribution in [0.4, 0.5) is 0 Å². The Hall–Kier alpha value is -2.49. The summed E-state index contributed by atoms with van der Waals surface area (Å²) in [6.07, 6.45) is 5.13. The molecule has 3 unspecified atom stereocenters. The van der Waals surface area contributed by atoms with E-state index in [4.69, 9.17) is 4.74 Å². The standard InChI is InChI=1S/C35H50BrN3O5/c1-8-17-37(22-24-15-11-10-12-16-24)30(41)26-27-31(42)38(19-13-14-20-40)29(35(27)21-25(36)28(26)44-35)32(43)39(18-9-2)34(6,7)23-33(3,4)5/h8-12,15-16,25-29,40H,1-2,13-14,17-23H2,3-7H3/t25?,26-,27+,28-,29?,35?/m1/s1. The number of carbonyl (C=O) groups excluding carboxylic acids is 3. The molecule has 0 aromatic heterocycles. The molecule has 1 aromatic rings. The number of fused-ring (bicyclic) bond motifs is 1. The number of ether oxygens (including phenoxy) is 1. The zero-order chi connectivity index (χ0) is 32.4. The summed E-state index contributed by atoms with van der Waals surface area (Å²) < 4.78 is 6.79. The molecule has 8 nitrogen and oxygen atoms in total. The molecule has 3 saturated heterocycles. The molecule has 6 atom stereocenters. The zero-order valence-corrected chi connectivity index (χ0v) is 28.6. The maximum Gasteiger partial charge on any atom is 0.249 e. The second-order valence-corrected chi connectivity index (χ2v) is 15.6. The van der Waals surface area contributed by atoms with E-state index in [1.165, 1.54) is 0 Å². The Balaban J connectivity index is 1.76. The lowest BCUT2D eigenvalue weighted by atomic mass is 9.70. The van der Waals surface area contributed by atoms with Crippen molar-refractivity contribution in [2.75, 3.05) is 26.2 Å². The number of halogens is 1.